The molecule has 1 aliphatic carbocycles. The molecule has 28 heavy (non-hydrogen) atoms. The van der Waals surface area contributed by atoms with Crippen molar-refractivity contribution in [2.24, 2.45) is 0 Å². The summed E-state index contributed by atoms with van der Waals surface area (Å²) in [6, 6.07) is 0. The largest absolute Gasteiger partial charge is 0.483 e. The molecule has 8 nitrogen and oxygen atoms in total. The number of nitrogens with zero attached hydrogens (tertiary/aromatic N) is 1. The average Bonchev–Trinajstić information content (AvgIpc) is 3.12. The molecule has 0 atom stereocenters. The smallest absolute Gasteiger partial charge is 0.326 e. The molecule has 2 aliphatic rings. The minimum atomic E-state index is -2.71. The number of hydrogen-bond acceptors (Lipinski definition) is 5. The summed E-state index contributed by atoms with van der Waals surface area (Å²) in [6.07, 6.45) is 11.7. The number of rotatable bonds is 0. The van der Waals surface area contributed by atoms with Crippen molar-refractivity contribution in [3.05, 3.63) is 0 Å². The number of carboxylic acid groups (broad SMARTS) is 1. The summed E-state index contributed by atoms with van der Waals surface area (Å²) in [7, 11) is 0. The molecule has 3 N–H and O–H groups in total. The van der Waals surface area contributed by atoms with Crippen LogP contribution in [0.15, 0.2) is 0 Å². The summed E-state index contributed by atoms with van der Waals surface area (Å²) in [4.78, 5) is 33.6. The molecule has 1 saturated heterocycles. The van der Waals surface area contributed by atoms with Crippen LogP contribution in [0, 0.1) is 5.41 Å². The monoisotopic (exact) mass is 400 g/mol. The van der Waals surface area contributed by atoms with Crippen LogP contribution in [0.4, 0.5) is 0 Å². The first kappa shape index (κ1) is 19.2. The second kappa shape index (κ2) is 13.1. The molecule has 1 heterocycles. The van der Waals surface area contributed by atoms with Crippen LogP contribution >= 0.6 is 0 Å². The van der Waals surface area contributed by atoms with Crippen molar-refractivity contribution in [1.29, 1.82) is 5.41 Å². The fourth-order valence-corrected chi connectivity index (χ4v) is 3.78. The molecule has 1 aliphatic heterocycles. The van der Waals surface area contributed by atoms with Crippen LogP contribution in [-0.2, 0) is 19.1 Å². The molecule has 2 rings (SSSR count). The highest BCUT2D eigenvalue weighted by molar-refractivity contribution is 5.96. The number of carbonyl (C=O) groups is 3. The molecule has 0 unspecified atom stereocenters. The number of ether oxygens (including phenoxy) is 1. The van der Waals surface area contributed by atoms with Crippen molar-refractivity contribution >= 4 is 24.3 Å². The van der Waals surface area contributed by atoms with Crippen molar-refractivity contribution in [1.82, 2.24) is 10.2 Å². The molecule has 2 fully saturated rings. The molecule has 0 radical (unpaired) electrons. The number of amides is 1. The van der Waals surface area contributed by atoms with Gasteiger partial charge in [0.15, 0.2) is 5.96 Å². The lowest BCUT2D eigenvalue weighted by Crippen LogP contribution is -2.45. The van der Waals surface area contributed by atoms with Crippen molar-refractivity contribution in [3.63, 3.8) is 0 Å². The fourth-order valence-electron chi connectivity index (χ4n) is 3.78. The minimum Gasteiger partial charge on any atom is -0.483 e. The molecule has 1 saturated carbocycles. The van der Waals surface area contributed by atoms with Gasteiger partial charge in [0.2, 0.25) is 5.91 Å². The fraction of sp³-hybridized carbons (Fsp3) is 0.800. The number of guanidine groups is 1. The van der Waals surface area contributed by atoms with E-state index in [0.29, 0.717) is 11.3 Å². The predicted molar refractivity (Wildman–Crippen MR) is 106 cm³/mol. The van der Waals surface area contributed by atoms with E-state index in [1.807, 2.05) is 0 Å². The van der Waals surface area contributed by atoms with Gasteiger partial charge in [0, 0.05) is 17.5 Å². The first-order valence-corrected chi connectivity index (χ1v) is 10.1. The topological polar surface area (TPSA) is 120 Å². The molecule has 0 aromatic heterocycles. The Balaban J connectivity index is 0.00000151. The van der Waals surface area contributed by atoms with Crippen molar-refractivity contribution in [3.8, 4) is 0 Å². The lowest BCUT2D eigenvalue weighted by Gasteiger charge is -2.30. The Morgan fingerprint density at radius 3 is 2.14 bits per heavy atom. The van der Waals surface area contributed by atoms with Gasteiger partial charge in [0.1, 0.15) is 12.1 Å². The summed E-state index contributed by atoms with van der Waals surface area (Å²) in [5.41, 5.74) is -0.503. The molecule has 0 aromatic rings. The lowest BCUT2D eigenvalue weighted by molar-refractivity contribution is -0.160. The zero-order valence-corrected chi connectivity index (χ0v) is 16.5. The van der Waals surface area contributed by atoms with Gasteiger partial charge >= 0.3 is 5.97 Å². The quantitative estimate of drug-likeness (QED) is 0.425. The molecular weight excluding hydrogens is 362 g/mol. The summed E-state index contributed by atoms with van der Waals surface area (Å²) in [5.74, 6) is -1.63. The highest BCUT2D eigenvalue weighted by atomic mass is 16.6. The van der Waals surface area contributed by atoms with Gasteiger partial charge in [-0.25, -0.2) is 0 Å². The Kier molecular flexibility index (Phi) is 9.00. The van der Waals surface area contributed by atoms with E-state index in [1.54, 1.807) is 0 Å². The summed E-state index contributed by atoms with van der Waals surface area (Å²) in [5, 5.41) is 17.2. The molecule has 160 valence electrons. The van der Waals surface area contributed by atoms with Gasteiger partial charge in [-0.3, -0.25) is 25.1 Å². The maximum atomic E-state index is 12.6. The van der Waals surface area contributed by atoms with Gasteiger partial charge in [-0.15, -0.1) is 0 Å². The Hall–Kier alpha value is -2.12. The van der Waals surface area contributed by atoms with E-state index in [0.717, 1.165) is 70.6 Å². The van der Waals surface area contributed by atoms with E-state index in [4.69, 9.17) is 24.2 Å². The Morgan fingerprint density at radius 1 is 1.07 bits per heavy atom. The van der Waals surface area contributed by atoms with Crippen LogP contribution in [0.2, 0.25) is 0 Å². The van der Waals surface area contributed by atoms with Gasteiger partial charge in [-0.05, 0) is 44.9 Å². The zero-order valence-electron chi connectivity index (χ0n) is 19.5. The summed E-state index contributed by atoms with van der Waals surface area (Å²) in [6.45, 7) is -3.54. The van der Waals surface area contributed by atoms with E-state index in [1.165, 1.54) is 0 Å². The molecule has 1 amide bonds. The summed E-state index contributed by atoms with van der Waals surface area (Å²) < 4.78 is 28.7. The van der Waals surface area contributed by atoms with Crippen LogP contribution in [0.25, 0.3) is 0 Å². The van der Waals surface area contributed by atoms with Gasteiger partial charge in [-0.1, -0.05) is 32.1 Å². The number of esters is 1. The Labute approximate surface area is 171 Å². The molecular formula is C20H35N3O5. The number of carbonyl (C=O) groups excluding carboxylic acids is 2. The molecule has 0 aromatic carbocycles. The lowest BCUT2D eigenvalue weighted by atomic mass is 9.93. The van der Waals surface area contributed by atoms with Crippen molar-refractivity contribution in [2.75, 3.05) is 13.5 Å². The average molecular weight is 401 g/mol. The third-order valence-corrected chi connectivity index (χ3v) is 5.20. The second-order valence-corrected chi connectivity index (χ2v) is 7.43. The van der Waals surface area contributed by atoms with Crippen LogP contribution in [0.5, 0.6) is 0 Å². The van der Waals surface area contributed by atoms with Crippen molar-refractivity contribution in [2.45, 2.75) is 89.1 Å². The summed E-state index contributed by atoms with van der Waals surface area (Å²) >= 11 is 0. The van der Waals surface area contributed by atoms with E-state index in [2.05, 4.69) is 5.32 Å². The molecule has 1 spiro atoms. The van der Waals surface area contributed by atoms with Gasteiger partial charge < -0.3 is 14.7 Å². The van der Waals surface area contributed by atoms with E-state index < -0.39 is 37.0 Å². The number of likely N-dealkylation sites (N-methyl/N-ethyl adjacent to an activating group) is 1. The molecule has 0 bridgehead atoms. The Bertz CT molecular complexity index is 607. The van der Waals surface area contributed by atoms with Crippen LogP contribution in [-0.4, -0.2) is 53.4 Å². The van der Waals surface area contributed by atoms with Gasteiger partial charge in [0.05, 0.1) is 0 Å². The predicted octanol–water partition coefficient (Wildman–Crippen LogP) is 3.05. The third kappa shape index (κ3) is 9.19. The van der Waals surface area contributed by atoms with Crippen LogP contribution < -0.4 is 5.32 Å². The normalized spacial score (nSPS) is 24.5. The highest BCUT2D eigenvalue weighted by Crippen LogP contribution is 2.37. The molecule has 8 heteroatoms. The zero-order chi connectivity index (χ0) is 23.3. The standard InChI is InChI=1S/C19H33N3O3.CH2O2/c1-22-15-17(24)25-19(13-9-10-14-19)12-8-6-4-2-3-5-7-11-16(23)21-18(22)20;2-1-3/h2-15H2,1H3,(H2,20,21,23);1H,(H,2,3)/i1D3;. The third-order valence-electron chi connectivity index (χ3n) is 5.20. The minimum absolute atomic E-state index is 0.241. The van der Waals surface area contributed by atoms with Gasteiger partial charge in [0.25, 0.3) is 6.47 Å². The maximum absolute atomic E-state index is 12.6. The second-order valence-electron chi connectivity index (χ2n) is 7.43. The van der Waals surface area contributed by atoms with Crippen LogP contribution in [0.3, 0.4) is 0 Å². The first-order valence-electron chi connectivity index (χ1n) is 11.6. The van der Waals surface area contributed by atoms with Gasteiger partial charge in [-0.2, -0.15) is 0 Å². The highest BCUT2D eigenvalue weighted by Gasteiger charge is 2.37. The maximum Gasteiger partial charge on any atom is 0.326 e. The Morgan fingerprint density at radius 2 is 1.57 bits per heavy atom. The van der Waals surface area contributed by atoms with E-state index in [-0.39, 0.29) is 12.9 Å². The SMILES string of the molecule is O=CO.[2H]C([2H])([2H])N1CC(=O)OC2(CCCCCCCCCC(=O)NC1=N)CCCC2. The first-order chi connectivity index (χ1) is 14.6. The number of nitrogens with one attached hydrogen (secondary N) is 2. The number of hydrogen-bond donors (Lipinski definition) is 3. The van der Waals surface area contributed by atoms with E-state index >= 15 is 0 Å². The van der Waals surface area contributed by atoms with E-state index in [9.17, 15) is 9.59 Å². The van der Waals surface area contributed by atoms with Crippen molar-refractivity contribution < 1.29 is 28.3 Å². The van der Waals surface area contributed by atoms with Crippen LogP contribution in [0.1, 0.15) is 87.6 Å².